The molecular weight excluding hydrogens is 316 g/mol. The molecular formula is C19H18N4S. The van der Waals surface area contributed by atoms with E-state index in [2.05, 4.69) is 16.0 Å². The molecule has 24 heavy (non-hydrogen) atoms. The molecule has 5 heteroatoms. The molecule has 120 valence electrons. The fraction of sp³-hybridized carbons (Fsp3) is 0.211. The molecule has 0 radical (unpaired) electrons. The number of aromatic nitrogens is 2. The van der Waals surface area contributed by atoms with E-state index in [9.17, 15) is 0 Å². The molecule has 0 aromatic carbocycles. The highest BCUT2D eigenvalue weighted by molar-refractivity contribution is 7.21. The van der Waals surface area contributed by atoms with E-state index in [1.54, 1.807) is 11.3 Å². The lowest BCUT2D eigenvalue weighted by molar-refractivity contribution is 0.896. The Balaban J connectivity index is 1.88. The average Bonchev–Trinajstić information content (AvgIpc) is 3.18. The summed E-state index contributed by atoms with van der Waals surface area (Å²) >= 11 is 1.73. The normalized spacial score (nSPS) is 15.5. The number of nitrogens with two attached hydrogens (primary N) is 1. The van der Waals surface area contributed by atoms with E-state index in [4.69, 9.17) is 10.7 Å². The highest BCUT2D eigenvalue weighted by Gasteiger charge is 2.20. The van der Waals surface area contributed by atoms with E-state index >= 15 is 0 Å². The van der Waals surface area contributed by atoms with Crippen LogP contribution in [0.5, 0.6) is 0 Å². The first-order valence-electron chi connectivity index (χ1n) is 8.05. The number of fused-ring (bicyclic) bond motifs is 1. The van der Waals surface area contributed by atoms with Crippen molar-refractivity contribution in [1.82, 2.24) is 9.97 Å². The zero-order valence-electron chi connectivity index (χ0n) is 13.5. The summed E-state index contributed by atoms with van der Waals surface area (Å²) in [6.07, 6.45) is 6.73. The fourth-order valence-electron chi connectivity index (χ4n) is 3.02. The maximum absolute atomic E-state index is 6.27. The number of thiophene rings is 1. The standard InChI is InChI=1S/C19H18N4S/c1-12-4-2-7-18(22-12)23-19(14-5-3-6-15(14)20)17-10-13-11-21-9-8-16(13)24-17/h2,4,7-11H,3,5-6,20H2,1H3/b23-19-. The molecule has 2 N–H and O–H groups in total. The second kappa shape index (κ2) is 6.17. The van der Waals surface area contributed by atoms with Gasteiger partial charge in [-0.3, -0.25) is 4.98 Å². The summed E-state index contributed by atoms with van der Waals surface area (Å²) in [5.41, 5.74) is 10.3. The maximum atomic E-state index is 6.27. The first kappa shape index (κ1) is 15.0. The van der Waals surface area contributed by atoms with Crippen LogP contribution in [0.25, 0.3) is 10.1 Å². The van der Waals surface area contributed by atoms with Crippen molar-refractivity contribution < 1.29 is 0 Å². The summed E-state index contributed by atoms with van der Waals surface area (Å²) in [6, 6.07) is 10.1. The molecule has 0 fully saturated rings. The van der Waals surface area contributed by atoms with Gasteiger partial charge in [0.1, 0.15) is 0 Å². The topological polar surface area (TPSA) is 64.2 Å². The van der Waals surface area contributed by atoms with Gasteiger partial charge in [0.25, 0.3) is 0 Å². The molecule has 4 nitrogen and oxygen atoms in total. The first-order chi connectivity index (χ1) is 11.7. The van der Waals surface area contributed by atoms with Crippen LogP contribution in [-0.2, 0) is 0 Å². The molecule has 0 saturated heterocycles. The van der Waals surface area contributed by atoms with Gasteiger partial charge < -0.3 is 5.73 Å². The molecule has 0 aliphatic heterocycles. The smallest absolute Gasteiger partial charge is 0.152 e. The quantitative estimate of drug-likeness (QED) is 0.716. The lowest BCUT2D eigenvalue weighted by atomic mass is 10.1. The van der Waals surface area contributed by atoms with Crippen LogP contribution in [0.4, 0.5) is 5.82 Å². The Labute approximate surface area is 144 Å². The van der Waals surface area contributed by atoms with Crippen LogP contribution in [0.1, 0.15) is 29.8 Å². The largest absolute Gasteiger partial charge is 0.402 e. The number of nitrogens with zero attached hydrogens (tertiary/aromatic N) is 3. The third-order valence-corrected chi connectivity index (χ3v) is 5.32. The minimum atomic E-state index is 0.729. The molecule has 0 amide bonds. The SMILES string of the molecule is Cc1cccc(/N=C(/C2=C(N)CCC2)c2cc3cnccc3s2)n1. The van der Waals surface area contributed by atoms with E-state index in [0.29, 0.717) is 0 Å². The van der Waals surface area contributed by atoms with Crippen molar-refractivity contribution in [2.24, 2.45) is 10.7 Å². The number of aliphatic imine (C=N–C) groups is 1. The van der Waals surface area contributed by atoms with Crippen molar-refractivity contribution in [2.75, 3.05) is 0 Å². The minimum absolute atomic E-state index is 0.729. The summed E-state index contributed by atoms with van der Waals surface area (Å²) in [4.78, 5) is 14.7. The number of rotatable bonds is 3. The molecule has 1 aliphatic carbocycles. The summed E-state index contributed by atoms with van der Waals surface area (Å²) < 4.78 is 1.21. The fourth-order valence-corrected chi connectivity index (χ4v) is 4.06. The van der Waals surface area contributed by atoms with E-state index in [-0.39, 0.29) is 0 Å². The summed E-state index contributed by atoms with van der Waals surface area (Å²) in [5.74, 6) is 0.729. The molecule has 0 spiro atoms. The van der Waals surface area contributed by atoms with Gasteiger partial charge in [-0.15, -0.1) is 11.3 Å². The zero-order chi connectivity index (χ0) is 16.5. The monoisotopic (exact) mass is 334 g/mol. The highest BCUT2D eigenvalue weighted by atomic mass is 32.1. The van der Waals surface area contributed by atoms with Crippen molar-refractivity contribution in [2.45, 2.75) is 26.2 Å². The Morgan fingerprint density at radius 2 is 2.17 bits per heavy atom. The van der Waals surface area contributed by atoms with Gasteiger partial charge in [0.05, 0.1) is 10.6 Å². The van der Waals surface area contributed by atoms with Crippen molar-refractivity contribution in [3.63, 3.8) is 0 Å². The van der Waals surface area contributed by atoms with Crippen LogP contribution in [0, 0.1) is 6.92 Å². The van der Waals surface area contributed by atoms with E-state index in [1.807, 2.05) is 43.6 Å². The Kier molecular flexibility index (Phi) is 3.86. The lowest BCUT2D eigenvalue weighted by Crippen LogP contribution is -2.07. The van der Waals surface area contributed by atoms with Crippen LogP contribution in [0.15, 0.2) is 59.0 Å². The molecule has 0 saturated carbocycles. The van der Waals surface area contributed by atoms with Gasteiger partial charge in [-0.1, -0.05) is 6.07 Å². The molecule has 0 unspecified atom stereocenters. The number of hydrogen-bond donors (Lipinski definition) is 1. The molecule has 0 atom stereocenters. The van der Waals surface area contributed by atoms with Crippen molar-refractivity contribution in [3.05, 3.63) is 64.6 Å². The second-order valence-electron chi connectivity index (χ2n) is 5.98. The number of pyridine rings is 2. The van der Waals surface area contributed by atoms with E-state index in [0.717, 1.165) is 58.0 Å². The Morgan fingerprint density at radius 3 is 2.92 bits per heavy atom. The van der Waals surface area contributed by atoms with Gasteiger partial charge in [-0.2, -0.15) is 0 Å². The molecule has 3 heterocycles. The van der Waals surface area contributed by atoms with Gasteiger partial charge in [0, 0.05) is 33.9 Å². The van der Waals surface area contributed by atoms with Gasteiger partial charge >= 0.3 is 0 Å². The molecule has 3 aromatic rings. The molecule has 1 aliphatic rings. The maximum Gasteiger partial charge on any atom is 0.152 e. The van der Waals surface area contributed by atoms with Gasteiger partial charge in [0.2, 0.25) is 0 Å². The number of hydrogen-bond acceptors (Lipinski definition) is 5. The summed E-state index contributed by atoms with van der Waals surface area (Å²) in [7, 11) is 0. The van der Waals surface area contributed by atoms with Gasteiger partial charge in [0.15, 0.2) is 5.82 Å². The third-order valence-electron chi connectivity index (χ3n) is 4.20. The van der Waals surface area contributed by atoms with Crippen LogP contribution >= 0.6 is 11.3 Å². The third kappa shape index (κ3) is 2.83. The van der Waals surface area contributed by atoms with Gasteiger partial charge in [-0.25, -0.2) is 9.98 Å². The van der Waals surface area contributed by atoms with Gasteiger partial charge in [-0.05, 0) is 56.0 Å². The lowest BCUT2D eigenvalue weighted by Gasteiger charge is -2.07. The van der Waals surface area contributed by atoms with Crippen LogP contribution in [-0.4, -0.2) is 15.7 Å². The number of aryl methyl sites for hydroxylation is 1. The average molecular weight is 334 g/mol. The van der Waals surface area contributed by atoms with E-state index < -0.39 is 0 Å². The zero-order valence-corrected chi connectivity index (χ0v) is 14.3. The first-order valence-corrected chi connectivity index (χ1v) is 8.86. The summed E-state index contributed by atoms with van der Waals surface area (Å²) in [6.45, 7) is 1.98. The van der Waals surface area contributed by atoms with Crippen LogP contribution in [0.2, 0.25) is 0 Å². The Morgan fingerprint density at radius 1 is 1.25 bits per heavy atom. The van der Waals surface area contributed by atoms with Crippen molar-refractivity contribution >= 4 is 33.0 Å². The van der Waals surface area contributed by atoms with Crippen molar-refractivity contribution in [3.8, 4) is 0 Å². The van der Waals surface area contributed by atoms with Crippen LogP contribution in [0.3, 0.4) is 0 Å². The predicted molar refractivity (Wildman–Crippen MR) is 99.9 cm³/mol. The Bertz CT molecular complexity index is 935. The minimum Gasteiger partial charge on any atom is -0.402 e. The van der Waals surface area contributed by atoms with Crippen LogP contribution < -0.4 is 5.73 Å². The summed E-state index contributed by atoms with van der Waals surface area (Å²) in [5, 5.41) is 1.14. The van der Waals surface area contributed by atoms with Crippen molar-refractivity contribution in [1.29, 1.82) is 0 Å². The molecule has 4 rings (SSSR count). The molecule has 3 aromatic heterocycles. The molecule has 0 bridgehead atoms. The predicted octanol–water partition coefficient (Wildman–Crippen LogP) is 4.52. The number of allylic oxidation sites excluding steroid dienone is 2. The second-order valence-corrected chi connectivity index (χ2v) is 7.06. The van der Waals surface area contributed by atoms with E-state index in [1.165, 1.54) is 4.70 Å². The Hall–Kier alpha value is -2.53. The highest BCUT2D eigenvalue weighted by Crippen LogP contribution is 2.33.